The second-order valence-electron chi connectivity index (χ2n) is 2.31. The minimum Gasteiger partial charge on any atom is -0.353 e. The molecule has 0 aliphatic carbocycles. The Labute approximate surface area is 68.5 Å². The number of carbonyl (C=O) groups excluding carboxylic acids is 1. The summed E-state index contributed by atoms with van der Waals surface area (Å²) in [6.45, 7) is 0. The summed E-state index contributed by atoms with van der Waals surface area (Å²) in [6.07, 6.45) is 2.96. The van der Waals surface area contributed by atoms with Crippen molar-refractivity contribution in [1.29, 1.82) is 0 Å². The maximum Gasteiger partial charge on any atom is 0.220 e. The van der Waals surface area contributed by atoms with Gasteiger partial charge in [0.1, 0.15) is 0 Å². The van der Waals surface area contributed by atoms with Gasteiger partial charge in [0.05, 0.1) is 0 Å². The third-order valence-corrected chi connectivity index (χ3v) is 2.57. The van der Waals surface area contributed by atoms with E-state index in [1.807, 2.05) is 0 Å². The maximum absolute atomic E-state index is 10.7. The molecule has 52 valence electrons. The van der Waals surface area contributed by atoms with Gasteiger partial charge < -0.3 is 5.32 Å². The molecule has 0 bridgehead atoms. The molecule has 1 saturated heterocycles. The van der Waals surface area contributed by atoms with E-state index in [4.69, 9.17) is 0 Å². The third kappa shape index (κ3) is 2.12. The quantitative estimate of drug-likeness (QED) is 0.538. The van der Waals surface area contributed by atoms with Crippen LogP contribution in [0.5, 0.6) is 0 Å². The average Bonchev–Trinajstić information content (AvgIpc) is 1.88. The molecule has 1 aliphatic heterocycles. The first-order chi connectivity index (χ1) is 4.33. The summed E-state index contributed by atoms with van der Waals surface area (Å²) in [6, 6.07) is 0.451. The van der Waals surface area contributed by atoms with Gasteiger partial charge in [-0.05, 0) is 12.8 Å². The van der Waals surface area contributed by atoms with Crippen LogP contribution in [0, 0.1) is 0 Å². The summed E-state index contributed by atoms with van der Waals surface area (Å²) >= 11 is 2.30. The van der Waals surface area contributed by atoms with Crippen molar-refractivity contribution in [3.63, 3.8) is 0 Å². The molecule has 0 aromatic rings. The fourth-order valence-electron chi connectivity index (χ4n) is 0.997. The van der Waals surface area contributed by atoms with Gasteiger partial charge in [-0.1, -0.05) is 22.6 Å². The molecule has 1 amide bonds. The van der Waals surface area contributed by atoms with Crippen molar-refractivity contribution in [2.75, 3.05) is 4.43 Å². The molecule has 0 saturated carbocycles. The van der Waals surface area contributed by atoms with Crippen LogP contribution in [0.4, 0.5) is 0 Å². The van der Waals surface area contributed by atoms with Crippen molar-refractivity contribution in [2.45, 2.75) is 25.3 Å². The van der Waals surface area contributed by atoms with Crippen LogP contribution in [-0.4, -0.2) is 16.4 Å². The second kappa shape index (κ2) is 3.39. The molecular weight excluding hydrogens is 229 g/mol. The number of rotatable bonds is 1. The van der Waals surface area contributed by atoms with Crippen molar-refractivity contribution in [2.24, 2.45) is 0 Å². The lowest BCUT2D eigenvalue weighted by Gasteiger charge is -2.20. The molecule has 3 heteroatoms. The SMILES string of the molecule is O=C1CCC[C@H](CI)N1. The second-order valence-corrected chi connectivity index (χ2v) is 3.19. The number of halogens is 1. The van der Waals surface area contributed by atoms with E-state index in [-0.39, 0.29) is 5.91 Å². The highest BCUT2D eigenvalue weighted by atomic mass is 127. The van der Waals surface area contributed by atoms with Gasteiger partial charge in [-0.15, -0.1) is 0 Å². The van der Waals surface area contributed by atoms with Gasteiger partial charge in [-0.3, -0.25) is 4.79 Å². The molecule has 9 heavy (non-hydrogen) atoms. The number of amides is 1. The highest BCUT2D eigenvalue weighted by Gasteiger charge is 2.15. The third-order valence-electron chi connectivity index (χ3n) is 1.51. The molecule has 1 fully saturated rings. The zero-order valence-electron chi connectivity index (χ0n) is 5.19. The van der Waals surface area contributed by atoms with Gasteiger partial charge >= 0.3 is 0 Å². The molecule has 2 nitrogen and oxygen atoms in total. The van der Waals surface area contributed by atoms with Gasteiger partial charge in [0.25, 0.3) is 0 Å². The Morgan fingerprint density at radius 1 is 1.78 bits per heavy atom. The van der Waals surface area contributed by atoms with E-state index in [0.29, 0.717) is 6.04 Å². The lowest BCUT2D eigenvalue weighted by atomic mass is 10.1. The number of hydrogen-bond acceptors (Lipinski definition) is 1. The van der Waals surface area contributed by atoms with E-state index in [0.717, 1.165) is 23.7 Å². The van der Waals surface area contributed by atoms with Gasteiger partial charge in [-0.2, -0.15) is 0 Å². The van der Waals surface area contributed by atoms with Crippen LogP contribution < -0.4 is 5.32 Å². The highest BCUT2D eigenvalue weighted by molar-refractivity contribution is 14.1. The Hall–Kier alpha value is 0.200. The molecule has 1 N–H and O–H groups in total. The summed E-state index contributed by atoms with van der Waals surface area (Å²) < 4.78 is 1.05. The summed E-state index contributed by atoms with van der Waals surface area (Å²) in [4.78, 5) is 10.7. The van der Waals surface area contributed by atoms with E-state index in [1.54, 1.807) is 0 Å². The van der Waals surface area contributed by atoms with Gasteiger partial charge in [-0.25, -0.2) is 0 Å². The number of nitrogens with one attached hydrogen (secondary N) is 1. The Morgan fingerprint density at radius 2 is 2.56 bits per heavy atom. The summed E-state index contributed by atoms with van der Waals surface area (Å²) in [5.41, 5.74) is 0. The molecule has 0 radical (unpaired) electrons. The van der Waals surface area contributed by atoms with Crippen molar-refractivity contribution in [3.8, 4) is 0 Å². The number of hydrogen-bond donors (Lipinski definition) is 1. The van der Waals surface area contributed by atoms with Gasteiger partial charge in [0, 0.05) is 16.9 Å². The van der Waals surface area contributed by atoms with Crippen molar-refractivity contribution in [1.82, 2.24) is 5.32 Å². The zero-order chi connectivity index (χ0) is 6.69. The number of piperidine rings is 1. The largest absolute Gasteiger partial charge is 0.353 e. The van der Waals surface area contributed by atoms with E-state index in [2.05, 4.69) is 27.9 Å². The van der Waals surface area contributed by atoms with Crippen LogP contribution in [0.2, 0.25) is 0 Å². The van der Waals surface area contributed by atoms with Crippen LogP contribution in [0.15, 0.2) is 0 Å². The summed E-state index contributed by atoms with van der Waals surface area (Å²) in [5, 5.41) is 2.92. The molecule has 1 atom stereocenters. The van der Waals surface area contributed by atoms with Crippen LogP contribution in [0.25, 0.3) is 0 Å². The van der Waals surface area contributed by atoms with Crippen molar-refractivity contribution < 1.29 is 4.79 Å². The normalized spacial score (nSPS) is 27.7. The highest BCUT2D eigenvalue weighted by Crippen LogP contribution is 2.09. The molecule has 0 spiro atoms. The molecule has 1 heterocycles. The number of carbonyl (C=O) groups is 1. The average molecular weight is 239 g/mol. The molecule has 0 aromatic carbocycles. The zero-order valence-corrected chi connectivity index (χ0v) is 7.35. The fourth-order valence-corrected chi connectivity index (χ4v) is 1.66. The van der Waals surface area contributed by atoms with Crippen LogP contribution in [0.3, 0.4) is 0 Å². The topological polar surface area (TPSA) is 29.1 Å². The Morgan fingerprint density at radius 3 is 3.00 bits per heavy atom. The smallest absolute Gasteiger partial charge is 0.220 e. The maximum atomic E-state index is 10.7. The van der Waals surface area contributed by atoms with E-state index >= 15 is 0 Å². The summed E-state index contributed by atoms with van der Waals surface area (Å²) in [7, 11) is 0. The lowest BCUT2D eigenvalue weighted by molar-refractivity contribution is -0.123. The van der Waals surface area contributed by atoms with E-state index in [9.17, 15) is 4.79 Å². The van der Waals surface area contributed by atoms with Crippen LogP contribution in [0.1, 0.15) is 19.3 Å². The molecule has 0 aromatic heterocycles. The molecular formula is C6H10INO. The van der Waals surface area contributed by atoms with Crippen LogP contribution in [-0.2, 0) is 4.79 Å². The van der Waals surface area contributed by atoms with Gasteiger partial charge in [0.2, 0.25) is 5.91 Å². The Balaban J connectivity index is 2.32. The predicted octanol–water partition coefficient (Wildman–Crippen LogP) is 1.09. The monoisotopic (exact) mass is 239 g/mol. The Bertz CT molecular complexity index is 116. The fraction of sp³-hybridized carbons (Fsp3) is 0.833. The Kier molecular flexibility index (Phi) is 2.75. The van der Waals surface area contributed by atoms with Crippen molar-refractivity contribution >= 4 is 28.5 Å². The van der Waals surface area contributed by atoms with E-state index in [1.165, 1.54) is 0 Å². The van der Waals surface area contributed by atoms with E-state index < -0.39 is 0 Å². The lowest BCUT2D eigenvalue weighted by Crippen LogP contribution is -2.39. The first-order valence-electron chi connectivity index (χ1n) is 3.18. The minimum atomic E-state index is 0.225. The number of alkyl halides is 1. The standard InChI is InChI=1S/C6H10INO/c7-4-5-2-1-3-6(9)8-5/h5H,1-4H2,(H,8,9)/t5-/m1/s1. The molecule has 0 unspecified atom stereocenters. The van der Waals surface area contributed by atoms with Gasteiger partial charge in [0.15, 0.2) is 0 Å². The first kappa shape index (κ1) is 7.31. The van der Waals surface area contributed by atoms with Crippen LogP contribution >= 0.6 is 22.6 Å². The minimum absolute atomic E-state index is 0.225. The van der Waals surface area contributed by atoms with Crippen molar-refractivity contribution in [3.05, 3.63) is 0 Å². The summed E-state index contributed by atoms with van der Waals surface area (Å²) in [5.74, 6) is 0.225. The predicted molar refractivity (Wildman–Crippen MR) is 44.7 cm³/mol. The molecule has 1 rings (SSSR count). The molecule has 1 aliphatic rings. The first-order valence-corrected chi connectivity index (χ1v) is 4.71.